The summed E-state index contributed by atoms with van der Waals surface area (Å²) in [5, 5.41) is 16.7. The first kappa shape index (κ1) is 25.0. The molecule has 0 spiro atoms. The Morgan fingerprint density at radius 2 is 1.76 bits per heavy atom. The number of aromatic hydroxyl groups is 1. The molecule has 1 aromatic heterocycles. The van der Waals surface area contributed by atoms with Gasteiger partial charge in [-0.3, -0.25) is 9.59 Å². The third-order valence-corrected chi connectivity index (χ3v) is 6.59. The number of hydrogen-bond donors (Lipinski definition) is 4. The van der Waals surface area contributed by atoms with Crippen LogP contribution in [0.1, 0.15) is 31.4 Å². The van der Waals surface area contributed by atoms with E-state index < -0.39 is 0 Å². The fraction of sp³-hybridized carbons (Fsp3) is 0.440. The van der Waals surface area contributed by atoms with Crippen molar-refractivity contribution in [1.82, 2.24) is 20.5 Å². The zero-order valence-electron chi connectivity index (χ0n) is 19.4. The number of amides is 1. The summed E-state index contributed by atoms with van der Waals surface area (Å²) >= 11 is 1.12. The van der Waals surface area contributed by atoms with Crippen molar-refractivity contribution in [3.63, 3.8) is 0 Å². The maximum absolute atomic E-state index is 12.7. The molecule has 0 aliphatic carbocycles. The molecule has 1 heterocycles. The van der Waals surface area contributed by atoms with Gasteiger partial charge >= 0.3 is 4.87 Å². The number of H-pyrrole nitrogens is 1. The van der Waals surface area contributed by atoms with Gasteiger partial charge in [-0.05, 0) is 57.0 Å². The van der Waals surface area contributed by atoms with E-state index in [0.29, 0.717) is 31.6 Å². The number of carbonyl (C=O) groups is 1. The molecule has 33 heavy (non-hydrogen) atoms. The highest BCUT2D eigenvalue weighted by molar-refractivity contribution is 7.16. The van der Waals surface area contributed by atoms with Gasteiger partial charge in [0.1, 0.15) is 11.3 Å². The van der Waals surface area contributed by atoms with Crippen molar-refractivity contribution < 1.29 is 9.90 Å². The van der Waals surface area contributed by atoms with Crippen molar-refractivity contribution in [2.45, 2.75) is 39.2 Å². The Hall–Kier alpha value is -2.68. The molecule has 0 saturated carbocycles. The van der Waals surface area contributed by atoms with E-state index in [0.717, 1.165) is 47.5 Å². The first-order chi connectivity index (χ1) is 16.0. The quantitative estimate of drug-likeness (QED) is 0.288. The van der Waals surface area contributed by atoms with E-state index in [1.54, 1.807) is 6.07 Å². The Morgan fingerprint density at radius 1 is 1.03 bits per heavy atom. The fourth-order valence-corrected chi connectivity index (χ4v) is 4.73. The van der Waals surface area contributed by atoms with Crippen LogP contribution in [-0.4, -0.2) is 59.7 Å². The van der Waals surface area contributed by atoms with E-state index in [2.05, 4.69) is 27.8 Å². The summed E-state index contributed by atoms with van der Waals surface area (Å²) in [5.41, 5.74) is 2.83. The number of thiazole rings is 1. The third-order valence-electron chi connectivity index (χ3n) is 5.63. The lowest BCUT2D eigenvalue weighted by atomic mass is 10.1. The molecule has 0 unspecified atom stereocenters. The van der Waals surface area contributed by atoms with Gasteiger partial charge in [-0.15, -0.1) is 0 Å². The minimum absolute atomic E-state index is 0.0979. The SMILES string of the molecule is CC(C)N(CCNCCc1ccc(O)c2[nH]c(=O)sc12)C(=O)CCNCCc1ccccc1. The van der Waals surface area contributed by atoms with Crippen molar-refractivity contribution in [1.29, 1.82) is 0 Å². The van der Waals surface area contributed by atoms with Crippen LogP contribution >= 0.6 is 11.3 Å². The molecule has 3 aromatic rings. The van der Waals surface area contributed by atoms with Crippen molar-refractivity contribution >= 4 is 27.5 Å². The number of nitrogens with zero attached hydrogens (tertiary/aromatic N) is 1. The molecule has 0 atom stereocenters. The molecular weight excluding hydrogens is 436 g/mol. The monoisotopic (exact) mass is 470 g/mol. The molecule has 7 nitrogen and oxygen atoms in total. The maximum atomic E-state index is 12.7. The van der Waals surface area contributed by atoms with Crippen molar-refractivity contribution in [3.05, 3.63) is 63.3 Å². The van der Waals surface area contributed by atoms with Gasteiger partial charge in [0.25, 0.3) is 0 Å². The van der Waals surface area contributed by atoms with Crippen LogP contribution in [0.3, 0.4) is 0 Å². The third kappa shape index (κ3) is 7.42. The van der Waals surface area contributed by atoms with E-state index in [-0.39, 0.29) is 22.6 Å². The van der Waals surface area contributed by atoms with Gasteiger partial charge in [0.2, 0.25) is 5.91 Å². The van der Waals surface area contributed by atoms with Gasteiger partial charge in [-0.1, -0.05) is 47.7 Å². The maximum Gasteiger partial charge on any atom is 0.305 e. The van der Waals surface area contributed by atoms with Crippen LogP contribution in [0.5, 0.6) is 5.75 Å². The molecule has 178 valence electrons. The Bertz CT molecular complexity index is 1080. The standard InChI is InChI=1S/C25H34N4O3S/c1-18(2)29(22(31)12-15-26-13-10-19-6-4-3-5-7-19)17-16-27-14-11-20-8-9-21(30)23-24(20)33-25(32)28-23/h3-9,18,26-27,30H,10-17H2,1-2H3,(H,28,32). The van der Waals surface area contributed by atoms with E-state index in [4.69, 9.17) is 0 Å². The summed E-state index contributed by atoms with van der Waals surface area (Å²) < 4.78 is 0.806. The molecule has 0 aliphatic rings. The van der Waals surface area contributed by atoms with Crippen molar-refractivity contribution in [3.8, 4) is 5.75 Å². The number of aromatic amines is 1. The second kappa shape index (κ2) is 12.5. The smallest absolute Gasteiger partial charge is 0.305 e. The van der Waals surface area contributed by atoms with E-state index in [1.165, 1.54) is 5.56 Å². The summed E-state index contributed by atoms with van der Waals surface area (Å²) in [6.45, 7) is 7.72. The van der Waals surface area contributed by atoms with Crippen molar-refractivity contribution in [2.75, 3.05) is 32.7 Å². The van der Waals surface area contributed by atoms with Gasteiger partial charge in [-0.2, -0.15) is 0 Å². The van der Waals surface area contributed by atoms with Crippen LogP contribution in [0.4, 0.5) is 0 Å². The fourth-order valence-electron chi connectivity index (χ4n) is 3.83. The number of carbonyl (C=O) groups excluding carboxylic acids is 1. The summed E-state index contributed by atoms with van der Waals surface area (Å²) in [7, 11) is 0. The van der Waals surface area contributed by atoms with Crippen LogP contribution < -0.4 is 15.5 Å². The molecule has 3 rings (SSSR count). The highest BCUT2D eigenvalue weighted by Gasteiger charge is 2.16. The van der Waals surface area contributed by atoms with Gasteiger partial charge in [0.05, 0.1) is 4.70 Å². The molecule has 1 amide bonds. The lowest BCUT2D eigenvalue weighted by Gasteiger charge is -2.27. The summed E-state index contributed by atoms with van der Waals surface area (Å²) in [4.78, 5) is 28.8. The normalized spacial score (nSPS) is 11.4. The highest BCUT2D eigenvalue weighted by Crippen LogP contribution is 2.27. The zero-order chi connectivity index (χ0) is 23.6. The van der Waals surface area contributed by atoms with Crippen LogP contribution in [-0.2, 0) is 17.6 Å². The Balaban J connectivity index is 1.36. The Kier molecular flexibility index (Phi) is 9.47. The highest BCUT2D eigenvalue weighted by atomic mass is 32.1. The molecular formula is C25H34N4O3S. The largest absolute Gasteiger partial charge is 0.506 e. The average molecular weight is 471 g/mol. The molecule has 0 saturated heterocycles. The molecule has 0 bridgehead atoms. The number of hydrogen-bond acceptors (Lipinski definition) is 6. The zero-order valence-corrected chi connectivity index (χ0v) is 20.2. The van der Waals surface area contributed by atoms with Crippen LogP contribution in [0.15, 0.2) is 47.3 Å². The predicted octanol–water partition coefficient (Wildman–Crippen LogP) is 2.89. The molecule has 0 radical (unpaired) electrons. The number of rotatable bonds is 13. The van der Waals surface area contributed by atoms with Gasteiger partial charge in [0.15, 0.2) is 0 Å². The van der Waals surface area contributed by atoms with Crippen LogP contribution in [0.25, 0.3) is 10.2 Å². The second-order valence-corrected chi connectivity index (χ2v) is 9.36. The van der Waals surface area contributed by atoms with Crippen LogP contribution in [0.2, 0.25) is 0 Å². The molecule has 4 N–H and O–H groups in total. The average Bonchev–Trinajstić information content (AvgIpc) is 3.20. The lowest BCUT2D eigenvalue weighted by Crippen LogP contribution is -2.42. The topological polar surface area (TPSA) is 97.5 Å². The van der Waals surface area contributed by atoms with Gasteiger partial charge in [-0.25, -0.2) is 0 Å². The van der Waals surface area contributed by atoms with Crippen molar-refractivity contribution in [2.24, 2.45) is 0 Å². The van der Waals surface area contributed by atoms with E-state index in [9.17, 15) is 14.7 Å². The number of phenolic OH excluding ortho intramolecular Hbond substituents is 1. The van der Waals surface area contributed by atoms with E-state index >= 15 is 0 Å². The summed E-state index contributed by atoms with van der Waals surface area (Å²) in [6.07, 6.45) is 2.19. The summed E-state index contributed by atoms with van der Waals surface area (Å²) in [6, 6.07) is 14.0. The second-order valence-electron chi connectivity index (χ2n) is 8.38. The number of benzene rings is 2. The predicted molar refractivity (Wildman–Crippen MR) is 135 cm³/mol. The number of nitrogens with one attached hydrogen (secondary N) is 3. The molecule has 0 aliphatic heterocycles. The number of aromatic nitrogens is 1. The minimum Gasteiger partial charge on any atom is -0.506 e. The Labute approximate surface area is 198 Å². The molecule has 2 aromatic carbocycles. The number of fused-ring (bicyclic) bond motifs is 1. The first-order valence-electron chi connectivity index (χ1n) is 11.5. The summed E-state index contributed by atoms with van der Waals surface area (Å²) in [5.74, 6) is 0.261. The van der Waals surface area contributed by atoms with Crippen LogP contribution in [0, 0.1) is 0 Å². The molecule has 8 heteroatoms. The van der Waals surface area contributed by atoms with E-state index in [1.807, 2.05) is 43.0 Å². The first-order valence-corrected chi connectivity index (χ1v) is 12.4. The van der Waals surface area contributed by atoms with Gasteiger partial charge < -0.3 is 25.6 Å². The Morgan fingerprint density at radius 3 is 2.52 bits per heavy atom. The number of phenols is 1. The van der Waals surface area contributed by atoms with Gasteiger partial charge in [0, 0.05) is 32.1 Å². The molecule has 0 fully saturated rings. The minimum atomic E-state index is -0.165. The lowest BCUT2D eigenvalue weighted by molar-refractivity contribution is -0.132.